The van der Waals surface area contributed by atoms with Crippen molar-refractivity contribution in [3.05, 3.63) is 53.9 Å². The van der Waals surface area contributed by atoms with Gasteiger partial charge in [-0.2, -0.15) is 4.98 Å². The Morgan fingerprint density at radius 1 is 1.06 bits per heavy atom. The standard InChI is InChI=1S/C23H27N3O5/c1-14(2)17-8-6-7-9-19(17)30-15(3)23(27)24-13-21-25-22(26-31-21)18-11-10-16(28-4)12-20(18)29-5/h6-12,14-15H,13H2,1-5H3,(H,24,27)/t15-/m0/s1. The van der Waals surface area contributed by atoms with Gasteiger partial charge in [0, 0.05) is 6.07 Å². The van der Waals surface area contributed by atoms with Crippen LogP contribution in [0.25, 0.3) is 11.4 Å². The van der Waals surface area contributed by atoms with Crippen molar-refractivity contribution in [3.63, 3.8) is 0 Å². The van der Waals surface area contributed by atoms with Gasteiger partial charge in [-0.1, -0.05) is 37.2 Å². The highest BCUT2D eigenvalue weighted by Gasteiger charge is 2.19. The molecule has 0 radical (unpaired) electrons. The number of rotatable bonds is 9. The van der Waals surface area contributed by atoms with Crippen LogP contribution in [-0.4, -0.2) is 36.4 Å². The Balaban J connectivity index is 1.62. The predicted molar refractivity (Wildman–Crippen MR) is 115 cm³/mol. The lowest BCUT2D eigenvalue weighted by Gasteiger charge is -2.18. The van der Waals surface area contributed by atoms with Gasteiger partial charge in [-0.15, -0.1) is 0 Å². The number of benzene rings is 2. The molecule has 1 N–H and O–H groups in total. The Bertz CT molecular complexity index is 1030. The van der Waals surface area contributed by atoms with Crippen LogP contribution < -0.4 is 19.5 Å². The molecule has 8 heteroatoms. The second-order valence-corrected chi connectivity index (χ2v) is 7.25. The Kier molecular flexibility index (Phi) is 7.12. The molecule has 8 nitrogen and oxygen atoms in total. The minimum Gasteiger partial charge on any atom is -0.497 e. The van der Waals surface area contributed by atoms with Crippen LogP contribution in [0.3, 0.4) is 0 Å². The van der Waals surface area contributed by atoms with Gasteiger partial charge in [0.25, 0.3) is 5.91 Å². The number of ether oxygens (including phenoxy) is 3. The molecule has 164 valence electrons. The SMILES string of the molecule is COc1ccc(-c2noc(CNC(=O)[C@H](C)Oc3ccccc3C(C)C)n2)c(OC)c1. The maximum atomic E-state index is 12.5. The van der Waals surface area contributed by atoms with Crippen molar-refractivity contribution in [1.82, 2.24) is 15.5 Å². The molecule has 1 amide bonds. The minimum atomic E-state index is -0.677. The first-order valence-corrected chi connectivity index (χ1v) is 10.0. The first-order valence-electron chi connectivity index (χ1n) is 10.0. The summed E-state index contributed by atoms with van der Waals surface area (Å²) in [7, 11) is 3.13. The molecule has 2 aromatic carbocycles. The molecule has 0 aliphatic heterocycles. The summed E-state index contributed by atoms with van der Waals surface area (Å²) in [6.07, 6.45) is -0.677. The van der Waals surface area contributed by atoms with Crippen molar-refractivity contribution in [2.75, 3.05) is 14.2 Å². The minimum absolute atomic E-state index is 0.0871. The highest BCUT2D eigenvalue weighted by Crippen LogP contribution is 2.31. The van der Waals surface area contributed by atoms with Crippen LogP contribution in [0.2, 0.25) is 0 Å². The number of aromatic nitrogens is 2. The zero-order valence-electron chi connectivity index (χ0n) is 18.3. The number of carbonyl (C=O) groups excluding carboxylic acids is 1. The third kappa shape index (κ3) is 5.33. The summed E-state index contributed by atoms with van der Waals surface area (Å²) in [4.78, 5) is 16.8. The summed E-state index contributed by atoms with van der Waals surface area (Å²) < 4.78 is 21.7. The Labute approximate surface area is 181 Å². The predicted octanol–water partition coefficient (Wildman–Crippen LogP) is 3.96. The van der Waals surface area contributed by atoms with Gasteiger partial charge >= 0.3 is 0 Å². The maximum absolute atomic E-state index is 12.5. The molecule has 0 bridgehead atoms. The molecule has 31 heavy (non-hydrogen) atoms. The smallest absolute Gasteiger partial charge is 0.261 e. The van der Waals surface area contributed by atoms with Gasteiger partial charge in [0.1, 0.15) is 17.2 Å². The van der Waals surface area contributed by atoms with Gasteiger partial charge in [-0.25, -0.2) is 0 Å². The number of hydrogen-bond acceptors (Lipinski definition) is 7. The van der Waals surface area contributed by atoms with Crippen LogP contribution in [0.5, 0.6) is 17.2 Å². The number of nitrogens with zero attached hydrogens (tertiary/aromatic N) is 2. The fourth-order valence-corrected chi connectivity index (χ4v) is 3.03. The second-order valence-electron chi connectivity index (χ2n) is 7.25. The molecule has 1 aromatic heterocycles. The molecule has 1 atom stereocenters. The first kappa shape index (κ1) is 22.1. The molecule has 0 aliphatic rings. The Hall–Kier alpha value is -3.55. The largest absolute Gasteiger partial charge is 0.497 e. The van der Waals surface area contributed by atoms with Crippen LogP contribution in [0.1, 0.15) is 38.1 Å². The summed E-state index contributed by atoms with van der Waals surface area (Å²) in [6, 6.07) is 13.0. The zero-order chi connectivity index (χ0) is 22.4. The van der Waals surface area contributed by atoms with E-state index < -0.39 is 6.10 Å². The number of carbonyl (C=O) groups is 1. The molecule has 0 unspecified atom stereocenters. The van der Waals surface area contributed by atoms with Gasteiger partial charge in [-0.3, -0.25) is 4.79 Å². The summed E-state index contributed by atoms with van der Waals surface area (Å²) in [6.45, 7) is 5.95. The zero-order valence-corrected chi connectivity index (χ0v) is 18.3. The maximum Gasteiger partial charge on any atom is 0.261 e. The van der Waals surface area contributed by atoms with Crippen LogP contribution >= 0.6 is 0 Å². The fourth-order valence-electron chi connectivity index (χ4n) is 3.03. The lowest BCUT2D eigenvalue weighted by Crippen LogP contribution is -2.36. The third-order valence-corrected chi connectivity index (χ3v) is 4.75. The van der Waals surface area contributed by atoms with Crippen molar-refractivity contribution < 1.29 is 23.5 Å². The molecular weight excluding hydrogens is 398 g/mol. The molecule has 0 fully saturated rings. The van der Waals surface area contributed by atoms with Gasteiger partial charge < -0.3 is 24.1 Å². The molecule has 0 aliphatic carbocycles. The third-order valence-electron chi connectivity index (χ3n) is 4.75. The van der Waals surface area contributed by atoms with Crippen LogP contribution in [-0.2, 0) is 11.3 Å². The first-order chi connectivity index (χ1) is 14.9. The van der Waals surface area contributed by atoms with E-state index >= 15 is 0 Å². The lowest BCUT2D eigenvalue weighted by atomic mass is 10.0. The van der Waals surface area contributed by atoms with E-state index in [1.54, 1.807) is 39.3 Å². The van der Waals surface area contributed by atoms with E-state index in [-0.39, 0.29) is 18.3 Å². The topological polar surface area (TPSA) is 95.7 Å². The number of para-hydroxylation sites is 1. The van der Waals surface area contributed by atoms with Crippen molar-refractivity contribution >= 4 is 5.91 Å². The van der Waals surface area contributed by atoms with Crippen molar-refractivity contribution in [3.8, 4) is 28.6 Å². The van der Waals surface area contributed by atoms with E-state index in [1.165, 1.54) is 0 Å². The van der Waals surface area contributed by atoms with Gasteiger partial charge in [-0.05, 0) is 36.6 Å². The Morgan fingerprint density at radius 3 is 2.55 bits per heavy atom. The molecule has 3 aromatic rings. The summed E-state index contributed by atoms with van der Waals surface area (Å²) in [5.74, 6) is 2.56. The van der Waals surface area contributed by atoms with E-state index in [0.717, 1.165) is 5.56 Å². The molecule has 0 saturated carbocycles. The quantitative estimate of drug-likeness (QED) is 0.554. The van der Waals surface area contributed by atoms with Crippen molar-refractivity contribution in [2.24, 2.45) is 0 Å². The average molecular weight is 425 g/mol. The Morgan fingerprint density at radius 2 is 1.84 bits per heavy atom. The highest BCUT2D eigenvalue weighted by molar-refractivity contribution is 5.80. The summed E-state index contributed by atoms with van der Waals surface area (Å²) in [5.41, 5.74) is 1.71. The fraction of sp³-hybridized carbons (Fsp3) is 0.348. The van der Waals surface area contributed by atoms with E-state index in [2.05, 4.69) is 29.3 Å². The molecule has 0 saturated heterocycles. The van der Waals surface area contributed by atoms with Crippen LogP contribution in [0.4, 0.5) is 0 Å². The van der Waals surface area contributed by atoms with Gasteiger partial charge in [0.15, 0.2) is 6.10 Å². The van der Waals surface area contributed by atoms with Gasteiger partial charge in [0.05, 0.1) is 26.3 Å². The van der Waals surface area contributed by atoms with E-state index in [1.807, 2.05) is 24.3 Å². The monoisotopic (exact) mass is 425 g/mol. The highest BCUT2D eigenvalue weighted by atomic mass is 16.5. The molecule has 0 spiro atoms. The normalized spacial score (nSPS) is 11.8. The number of amides is 1. The number of methoxy groups -OCH3 is 2. The van der Waals surface area contributed by atoms with Crippen LogP contribution in [0.15, 0.2) is 47.0 Å². The van der Waals surface area contributed by atoms with Crippen molar-refractivity contribution in [1.29, 1.82) is 0 Å². The number of nitrogens with one attached hydrogen (secondary N) is 1. The summed E-state index contributed by atoms with van der Waals surface area (Å²) >= 11 is 0. The summed E-state index contributed by atoms with van der Waals surface area (Å²) in [5, 5.41) is 6.75. The number of hydrogen-bond donors (Lipinski definition) is 1. The molecule has 1 heterocycles. The van der Waals surface area contributed by atoms with E-state index in [9.17, 15) is 4.79 Å². The average Bonchev–Trinajstić information content (AvgIpc) is 3.25. The molecular formula is C23H27N3O5. The molecule has 3 rings (SSSR count). The van der Waals surface area contributed by atoms with Gasteiger partial charge in [0.2, 0.25) is 11.7 Å². The lowest BCUT2D eigenvalue weighted by molar-refractivity contribution is -0.127. The van der Waals surface area contributed by atoms with E-state index in [4.69, 9.17) is 18.7 Å². The second kappa shape index (κ2) is 9.97. The van der Waals surface area contributed by atoms with Crippen LogP contribution in [0, 0.1) is 0 Å². The van der Waals surface area contributed by atoms with Crippen molar-refractivity contribution in [2.45, 2.75) is 39.3 Å². The van der Waals surface area contributed by atoms with E-state index in [0.29, 0.717) is 34.6 Å².